The van der Waals surface area contributed by atoms with Gasteiger partial charge in [0.15, 0.2) is 5.13 Å². The molecule has 1 atom stereocenters. The minimum absolute atomic E-state index is 0.0230. The third-order valence-electron chi connectivity index (χ3n) is 5.21. The Morgan fingerprint density at radius 2 is 1.96 bits per heavy atom. The van der Waals surface area contributed by atoms with E-state index in [4.69, 9.17) is 4.98 Å². The van der Waals surface area contributed by atoms with Crippen LogP contribution < -0.4 is 10.2 Å². The first-order chi connectivity index (χ1) is 13.8. The number of carbonyl (C=O) groups excluding carboxylic acids is 1. The lowest BCUT2D eigenvalue weighted by Crippen LogP contribution is -2.43. The number of aromatic nitrogens is 3. The van der Waals surface area contributed by atoms with Gasteiger partial charge in [0.1, 0.15) is 5.82 Å². The van der Waals surface area contributed by atoms with Crippen LogP contribution in [0.25, 0.3) is 21.3 Å². The molecule has 142 valence electrons. The van der Waals surface area contributed by atoms with Crippen molar-refractivity contribution < 1.29 is 4.79 Å². The molecule has 2 aromatic carbocycles. The van der Waals surface area contributed by atoms with Crippen molar-refractivity contribution in [2.45, 2.75) is 19.4 Å². The summed E-state index contributed by atoms with van der Waals surface area (Å²) in [7, 11) is 0. The zero-order valence-electron chi connectivity index (χ0n) is 15.4. The van der Waals surface area contributed by atoms with Crippen LogP contribution in [0.3, 0.4) is 0 Å². The number of piperidine rings is 1. The average Bonchev–Trinajstić information content (AvgIpc) is 3.35. The zero-order valence-corrected chi connectivity index (χ0v) is 16.2. The molecule has 0 saturated carbocycles. The van der Waals surface area contributed by atoms with E-state index in [-0.39, 0.29) is 11.8 Å². The number of aromatic amines is 1. The molecular formula is C21H21N5OS. The van der Waals surface area contributed by atoms with E-state index in [1.165, 1.54) is 4.70 Å². The smallest absolute Gasteiger partial charge is 0.225 e. The van der Waals surface area contributed by atoms with Gasteiger partial charge in [-0.2, -0.15) is 0 Å². The third kappa shape index (κ3) is 3.33. The van der Waals surface area contributed by atoms with Gasteiger partial charge in [-0.3, -0.25) is 4.79 Å². The van der Waals surface area contributed by atoms with Crippen LogP contribution in [0.1, 0.15) is 18.7 Å². The van der Waals surface area contributed by atoms with Crippen molar-refractivity contribution in [3.63, 3.8) is 0 Å². The van der Waals surface area contributed by atoms with Crippen LogP contribution in [-0.4, -0.2) is 33.9 Å². The summed E-state index contributed by atoms with van der Waals surface area (Å²) in [5.74, 6) is 0.852. The van der Waals surface area contributed by atoms with Crippen molar-refractivity contribution in [2.24, 2.45) is 5.92 Å². The van der Waals surface area contributed by atoms with Crippen molar-refractivity contribution in [3.05, 3.63) is 54.4 Å². The summed E-state index contributed by atoms with van der Waals surface area (Å²) in [6.07, 6.45) is 1.91. The number of thiazole rings is 1. The summed E-state index contributed by atoms with van der Waals surface area (Å²) in [5.41, 5.74) is 2.94. The largest absolute Gasteiger partial charge is 0.349 e. The second-order valence-electron chi connectivity index (χ2n) is 7.17. The van der Waals surface area contributed by atoms with Gasteiger partial charge >= 0.3 is 0 Å². The van der Waals surface area contributed by atoms with E-state index >= 15 is 0 Å². The first-order valence-electron chi connectivity index (χ1n) is 9.58. The van der Waals surface area contributed by atoms with E-state index in [0.717, 1.165) is 46.9 Å². The van der Waals surface area contributed by atoms with Crippen molar-refractivity contribution >= 4 is 43.6 Å². The van der Waals surface area contributed by atoms with Gasteiger partial charge in [0.2, 0.25) is 5.91 Å². The standard InChI is InChI=1S/C21H21N5OS/c27-20(22-12-19-23-15-7-1-2-8-16(15)24-19)14-6-5-11-26(13-14)21-25-17-9-3-4-10-18(17)28-21/h1-4,7-10,14H,5-6,11-13H2,(H,22,27)(H,23,24). The number of para-hydroxylation sites is 3. The average molecular weight is 392 g/mol. The Labute approximate surface area is 166 Å². The Hall–Kier alpha value is -2.93. The molecule has 1 amide bonds. The van der Waals surface area contributed by atoms with Crippen LogP contribution in [0.4, 0.5) is 5.13 Å². The Morgan fingerprint density at radius 3 is 2.82 bits per heavy atom. The molecule has 0 radical (unpaired) electrons. The van der Waals surface area contributed by atoms with E-state index < -0.39 is 0 Å². The summed E-state index contributed by atoms with van der Waals surface area (Å²) in [4.78, 5) is 27.5. The number of nitrogens with one attached hydrogen (secondary N) is 2. The zero-order chi connectivity index (χ0) is 18.9. The molecule has 4 aromatic rings. The number of carbonyl (C=O) groups is 1. The molecule has 1 aliphatic heterocycles. The van der Waals surface area contributed by atoms with Gasteiger partial charge in [-0.25, -0.2) is 9.97 Å². The topological polar surface area (TPSA) is 73.9 Å². The third-order valence-corrected chi connectivity index (χ3v) is 6.31. The van der Waals surface area contributed by atoms with E-state index in [1.807, 2.05) is 42.5 Å². The van der Waals surface area contributed by atoms with Crippen molar-refractivity contribution in [2.75, 3.05) is 18.0 Å². The number of hydrogen-bond donors (Lipinski definition) is 2. The molecule has 5 rings (SSSR count). The summed E-state index contributed by atoms with van der Waals surface area (Å²) in [6.45, 7) is 2.09. The van der Waals surface area contributed by atoms with E-state index in [9.17, 15) is 4.79 Å². The summed E-state index contributed by atoms with van der Waals surface area (Å²) >= 11 is 1.70. The Balaban J connectivity index is 1.24. The minimum Gasteiger partial charge on any atom is -0.349 e. The highest BCUT2D eigenvalue weighted by Gasteiger charge is 2.27. The number of imidazole rings is 1. The fourth-order valence-electron chi connectivity index (χ4n) is 3.76. The Bertz CT molecular complexity index is 1070. The fraction of sp³-hybridized carbons (Fsp3) is 0.286. The summed E-state index contributed by atoms with van der Waals surface area (Å²) < 4.78 is 1.19. The second-order valence-corrected chi connectivity index (χ2v) is 8.18. The Kier molecular flexibility index (Phi) is 4.44. The van der Waals surface area contributed by atoms with Gasteiger partial charge in [-0.15, -0.1) is 0 Å². The van der Waals surface area contributed by atoms with Crippen LogP contribution in [0, 0.1) is 5.92 Å². The number of fused-ring (bicyclic) bond motifs is 2. The predicted octanol–water partition coefficient (Wildman–Crippen LogP) is 3.71. The summed E-state index contributed by atoms with van der Waals surface area (Å²) in [5, 5.41) is 4.06. The molecule has 2 aromatic heterocycles. The first kappa shape index (κ1) is 17.2. The molecule has 1 fully saturated rings. The maximum atomic E-state index is 12.7. The molecule has 1 unspecified atom stereocenters. The number of nitrogens with zero attached hydrogens (tertiary/aromatic N) is 3. The van der Waals surface area contributed by atoms with Gasteiger partial charge in [-0.05, 0) is 37.1 Å². The van der Waals surface area contributed by atoms with Crippen LogP contribution in [0.2, 0.25) is 0 Å². The second kappa shape index (κ2) is 7.24. The maximum absolute atomic E-state index is 12.7. The first-order valence-corrected chi connectivity index (χ1v) is 10.4. The van der Waals surface area contributed by atoms with Crippen LogP contribution in [0.5, 0.6) is 0 Å². The van der Waals surface area contributed by atoms with Crippen molar-refractivity contribution in [1.29, 1.82) is 0 Å². The lowest BCUT2D eigenvalue weighted by atomic mass is 9.97. The Morgan fingerprint density at radius 1 is 1.14 bits per heavy atom. The molecular weight excluding hydrogens is 370 g/mol. The van der Waals surface area contributed by atoms with Crippen molar-refractivity contribution in [1.82, 2.24) is 20.3 Å². The number of benzene rings is 2. The molecule has 28 heavy (non-hydrogen) atoms. The number of amides is 1. The van der Waals surface area contributed by atoms with E-state index in [0.29, 0.717) is 13.1 Å². The highest BCUT2D eigenvalue weighted by molar-refractivity contribution is 7.22. The van der Waals surface area contributed by atoms with E-state index in [2.05, 4.69) is 26.3 Å². The summed E-state index contributed by atoms with van der Waals surface area (Å²) in [6, 6.07) is 16.1. The normalized spacial score (nSPS) is 17.3. The molecule has 1 aliphatic rings. The molecule has 7 heteroatoms. The molecule has 2 N–H and O–H groups in total. The highest BCUT2D eigenvalue weighted by atomic mass is 32.1. The van der Waals surface area contributed by atoms with Gasteiger partial charge in [0.25, 0.3) is 0 Å². The number of H-pyrrole nitrogens is 1. The lowest BCUT2D eigenvalue weighted by Gasteiger charge is -2.31. The van der Waals surface area contributed by atoms with Gasteiger partial charge in [0, 0.05) is 13.1 Å². The number of rotatable bonds is 4. The monoisotopic (exact) mass is 391 g/mol. The van der Waals surface area contributed by atoms with Crippen LogP contribution >= 0.6 is 11.3 Å². The molecule has 0 spiro atoms. The quantitative estimate of drug-likeness (QED) is 0.556. The van der Waals surface area contributed by atoms with E-state index in [1.54, 1.807) is 11.3 Å². The number of hydrogen-bond acceptors (Lipinski definition) is 5. The fourth-order valence-corrected chi connectivity index (χ4v) is 4.77. The van der Waals surface area contributed by atoms with Crippen LogP contribution in [-0.2, 0) is 11.3 Å². The predicted molar refractivity (Wildman–Crippen MR) is 112 cm³/mol. The van der Waals surface area contributed by atoms with Crippen molar-refractivity contribution in [3.8, 4) is 0 Å². The highest BCUT2D eigenvalue weighted by Crippen LogP contribution is 2.31. The van der Waals surface area contributed by atoms with Gasteiger partial charge in [0.05, 0.1) is 33.7 Å². The maximum Gasteiger partial charge on any atom is 0.225 e. The number of anilines is 1. The molecule has 0 bridgehead atoms. The molecule has 3 heterocycles. The molecule has 6 nitrogen and oxygen atoms in total. The molecule has 0 aliphatic carbocycles. The van der Waals surface area contributed by atoms with Gasteiger partial charge in [-0.1, -0.05) is 35.6 Å². The minimum atomic E-state index is -0.0230. The lowest BCUT2D eigenvalue weighted by molar-refractivity contribution is -0.125. The van der Waals surface area contributed by atoms with Crippen LogP contribution in [0.15, 0.2) is 48.5 Å². The molecule has 1 saturated heterocycles. The SMILES string of the molecule is O=C(NCc1nc2ccccc2[nH]1)C1CCCN(c2nc3ccccc3s2)C1. The van der Waals surface area contributed by atoms with Gasteiger partial charge < -0.3 is 15.2 Å².